The van der Waals surface area contributed by atoms with Gasteiger partial charge in [0.1, 0.15) is 17.4 Å². The van der Waals surface area contributed by atoms with E-state index < -0.39 is 11.6 Å². The molecular formula is C12H17Cl2N3O2. The maximum atomic E-state index is 12.0. The molecule has 1 rings (SSSR count). The van der Waals surface area contributed by atoms with E-state index in [4.69, 9.17) is 23.2 Å². The Bertz CT molecular complexity index is 516. The molecule has 19 heavy (non-hydrogen) atoms. The van der Waals surface area contributed by atoms with Crippen LogP contribution in [0.5, 0.6) is 0 Å². The lowest BCUT2D eigenvalue weighted by Gasteiger charge is -2.18. The van der Waals surface area contributed by atoms with Crippen LogP contribution in [0.4, 0.5) is 0 Å². The van der Waals surface area contributed by atoms with Crippen LogP contribution in [0.15, 0.2) is 11.1 Å². The van der Waals surface area contributed by atoms with Gasteiger partial charge < -0.3 is 5.32 Å². The number of carbonyl (C=O) groups excluding carboxylic acids is 1. The van der Waals surface area contributed by atoms with Crippen molar-refractivity contribution < 1.29 is 4.79 Å². The highest BCUT2D eigenvalue weighted by Crippen LogP contribution is 2.14. The van der Waals surface area contributed by atoms with Gasteiger partial charge in [-0.25, -0.2) is 4.98 Å². The highest BCUT2D eigenvalue weighted by Gasteiger charge is 2.19. The van der Waals surface area contributed by atoms with Gasteiger partial charge in [-0.3, -0.25) is 14.2 Å². The highest BCUT2D eigenvalue weighted by molar-refractivity contribution is 6.40. The van der Waals surface area contributed by atoms with E-state index in [2.05, 4.69) is 10.3 Å². The van der Waals surface area contributed by atoms with E-state index >= 15 is 0 Å². The topological polar surface area (TPSA) is 64.0 Å². The van der Waals surface area contributed by atoms with Crippen LogP contribution >= 0.6 is 23.2 Å². The lowest BCUT2D eigenvalue weighted by Crippen LogP contribution is -2.40. The van der Waals surface area contributed by atoms with Crippen molar-refractivity contribution in [1.82, 2.24) is 14.9 Å². The zero-order valence-corrected chi connectivity index (χ0v) is 12.6. The molecule has 106 valence electrons. The molecule has 0 aromatic carbocycles. The summed E-state index contributed by atoms with van der Waals surface area (Å²) >= 11 is 11.4. The Hall–Kier alpha value is -1.07. The number of hydrogen-bond acceptors (Lipinski definition) is 3. The van der Waals surface area contributed by atoms with Gasteiger partial charge in [-0.1, -0.05) is 36.5 Å². The first-order valence-corrected chi connectivity index (χ1v) is 6.86. The summed E-state index contributed by atoms with van der Waals surface area (Å²) in [6.07, 6.45) is 3.09. The third-order valence-electron chi connectivity index (χ3n) is 2.81. The number of aromatic nitrogens is 2. The van der Waals surface area contributed by atoms with Crippen molar-refractivity contribution in [3.05, 3.63) is 26.9 Å². The molecule has 0 aliphatic rings. The lowest BCUT2D eigenvalue weighted by atomic mass is 10.2. The van der Waals surface area contributed by atoms with Crippen molar-refractivity contribution in [2.45, 2.75) is 45.7 Å². The molecule has 2 unspecified atom stereocenters. The van der Waals surface area contributed by atoms with E-state index in [-0.39, 0.29) is 22.1 Å². The van der Waals surface area contributed by atoms with E-state index in [9.17, 15) is 9.59 Å². The van der Waals surface area contributed by atoms with Gasteiger partial charge in [0.2, 0.25) is 5.91 Å². The molecule has 5 nitrogen and oxygen atoms in total. The van der Waals surface area contributed by atoms with E-state index in [1.807, 2.05) is 13.8 Å². The second-order valence-corrected chi connectivity index (χ2v) is 5.17. The lowest BCUT2D eigenvalue weighted by molar-refractivity contribution is -0.124. The largest absolute Gasteiger partial charge is 0.352 e. The SMILES string of the molecule is CCCC(C)NC(=O)C(C)n1cnc(Cl)c(Cl)c1=O. The van der Waals surface area contributed by atoms with E-state index in [0.29, 0.717) is 0 Å². The summed E-state index contributed by atoms with van der Waals surface area (Å²) in [5.41, 5.74) is -0.521. The van der Waals surface area contributed by atoms with E-state index in [1.165, 1.54) is 10.9 Å². The highest BCUT2D eigenvalue weighted by atomic mass is 35.5. The Balaban J connectivity index is 2.89. The predicted octanol–water partition coefficient (Wildman–Crippen LogP) is 2.42. The van der Waals surface area contributed by atoms with Crippen molar-refractivity contribution in [3.63, 3.8) is 0 Å². The first-order chi connectivity index (χ1) is 8.88. The zero-order chi connectivity index (χ0) is 14.6. The summed E-state index contributed by atoms with van der Waals surface area (Å²) in [4.78, 5) is 27.7. The average molecular weight is 306 g/mol. The van der Waals surface area contributed by atoms with Crippen LogP contribution < -0.4 is 10.9 Å². The second kappa shape index (κ2) is 6.91. The fourth-order valence-corrected chi connectivity index (χ4v) is 1.97. The summed E-state index contributed by atoms with van der Waals surface area (Å²) < 4.78 is 1.17. The number of amides is 1. The Morgan fingerprint density at radius 1 is 1.47 bits per heavy atom. The van der Waals surface area contributed by atoms with Gasteiger partial charge in [-0.2, -0.15) is 0 Å². The summed E-state index contributed by atoms with van der Waals surface area (Å²) in [6.45, 7) is 5.57. The van der Waals surface area contributed by atoms with Gasteiger partial charge in [0.05, 0.1) is 0 Å². The molecule has 0 aliphatic heterocycles. The number of carbonyl (C=O) groups is 1. The maximum Gasteiger partial charge on any atom is 0.274 e. The molecule has 0 fully saturated rings. The molecule has 7 heteroatoms. The van der Waals surface area contributed by atoms with Crippen LogP contribution in [0.2, 0.25) is 10.2 Å². The quantitative estimate of drug-likeness (QED) is 0.850. The van der Waals surface area contributed by atoms with Crippen LogP contribution in [-0.2, 0) is 4.79 Å². The number of rotatable bonds is 5. The van der Waals surface area contributed by atoms with Crippen molar-refractivity contribution in [3.8, 4) is 0 Å². The smallest absolute Gasteiger partial charge is 0.274 e. The second-order valence-electron chi connectivity index (χ2n) is 4.44. The molecule has 2 atom stereocenters. The molecule has 1 amide bonds. The van der Waals surface area contributed by atoms with E-state index in [0.717, 1.165) is 12.8 Å². The molecule has 0 radical (unpaired) electrons. The molecule has 0 aliphatic carbocycles. The van der Waals surface area contributed by atoms with Crippen LogP contribution in [0, 0.1) is 0 Å². The standard InChI is InChI=1S/C12H17Cl2N3O2/c1-4-5-7(2)16-11(18)8(3)17-6-15-10(14)9(13)12(17)19/h6-8H,4-5H2,1-3H3,(H,16,18). The molecule has 0 saturated heterocycles. The van der Waals surface area contributed by atoms with Gasteiger partial charge in [0.25, 0.3) is 5.56 Å². The molecule has 1 aromatic heterocycles. The van der Waals surface area contributed by atoms with Crippen LogP contribution in [0.3, 0.4) is 0 Å². The molecule has 1 aromatic rings. The summed E-state index contributed by atoms with van der Waals surface area (Å²) in [6, 6.07) is -0.625. The Morgan fingerprint density at radius 3 is 2.68 bits per heavy atom. The Kier molecular flexibility index (Phi) is 5.82. The molecular weight excluding hydrogens is 289 g/mol. The number of nitrogens with one attached hydrogen (secondary N) is 1. The van der Waals surface area contributed by atoms with Gasteiger partial charge >= 0.3 is 0 Å². The van der Waals surface area contributed by atoms with Crippen LogP contribution in [0.1, 0.15) is 39.7 Å². The monoisotopic (exact) mass is 305 g/mol. The van der Waals surface area contributed by atoms with Crippen LogP contribution in [-0.4, -0.2) is 21.5 Å². The minimum Gasteiger partial charge on any atom is -0.352 e. The first kappa shape index (κ1) is 16.0. The summed E-state index contributed by atoms with van der Waals surface area (Å²) in [7, 11) is 0. The van der Waals surface area contributed by atoms with E-state index in [1.54, 1.807) is 6.92 Å². The minimum absolute atomic E-state index is 0.0603. The first-order valence-electron chi connectivity index (χ1n) is 6.11. The molecule has 1 N–H and O–H groups in total. The summed E-state index contributed by atoms with van der Waals surface area (Å²) in [5, 5.41) is 2.60. The van der Waals surface area contributed by atoms with Crippen molar-refractivity contribution in [2.24, 2.45) is 0 Å². The third-order valence-corrected chi connectivity index (χ3v) is 3.53. The third kappa shape index (κ3) is 3.94. The number of halogens is 2. The normalized spacial score (nSPS) is 13.9. The molecule has 1 heterocycles. The minimum atomic E-state index is -0.686. The predicted molar refractivity (Wildman–Crippen MR) is 75.7 cm³/mol. The summed E-state index contributed by atoms with van der Waals surface area (Å²) in [5.74, 6) is -0.247. The molecule has 0 bridgehead atoms. The number of hydrogen-bond donors (Lipinski definition) is 1. The van der Waals surface area contributed by atoms with Crippen molar-refractivity contribution in [2.75, 3.05) is 0 Å². The van der Waals surface area contributed by atoms with Gasteiger partial charge in [0, 0.05) is 6.04 Å². The van der Waals surface area contributed by atoms with Crippen molar-refractivity contribution in [1.29, 1.82) is 0 Å². The Morgan fingerprint density at radius 2 is 2.11 bits per heavy atom. The molecule has 0 spiro atoms. The molecule has 0 saturated carbocycles. The van der Waals surface area contributed by atoms with Gasteiger partial charge in [-0.05, 0) is 20.3 Å². The van der Waals surface area contributed by atoms with Crippen LogP contribution in [0.25, 0.3) is 0 Å². The fourth-order valence-electron chi connectivity index (χ4n) is 1.69. The fraction of sp³-hybridized carbons (Fsp3) is 0.583. The van der Waals surface area contributed by atoms with Gasteiger partial charge in [-0.15, -0.1) is 0 Å². The average Bonchev–Trinajstić information content (AvgIpc) is 2.35. The Labute approximate surface area is 121 Å². The zero-order valence-electron chi connectivity index (χ0n) is 11.1. The van der Waals surface area contributed by atoms with Crippen molar-refractivity contribution >= 4 is 29.1 Å². The van der Waals surface area contributed by atoms with Gasteiger partial charge in [0.15, 0.2) is 5.15 Å². The maximum absolute atomic E-state index is 12.0. The number of nitrogens with zero attached hydrogens (tertiary/aromatic N) is 2.